The van der Waals surface area contributed by atoms with Gasteiger partial charge in [0.05, 0.1) is 17.0 Å². The topological polar surface area (TPSA) is 57.9 Å². The van der Waals surface area contributed by atoms with Crippen molar-refractivity contribution in [3.05, 3.63) is 32.4 Å². The Balaban J connectivity index is 3.41. The molecular formula is C10H5BrINO2. The molecule has 0 aromatic heterocycles. The molecule has 0 amide bonds. The summed E-state index contributed by atoms with van der Waals surface area (Å²) < 4.78 is 0.672. The van der Waals surface area contributed by atoms with E-state index in [1.54, 1.807) is 6.07 Å². The molecule has 0 fully saturated rings. The van der Waals surface area contributed by atoms with Crippen molar-refractivity contribution < 1.29 is 9.59 Å². The van der Waals surface area contributed by atoms with E-state index in [0.29, 0.717) is 21.0 Å². The van der Waals surface area contributed by atoms with Gasteiger partial charge in [-0.1, -0.05) is 15.9 Å². The highest BCUT2D eigenvalue weighted by molar-refractivity contribution is 14.1. The molecule has 15 heavy (non-hydrogen) atoms. The molecule has 0 N–H and O–H groups in total. The van der Waals surface area contributed by atoms with Crippen molar-refractivity contribution in [3.63, 3.8) is 0 Å². The third-order valence-corrected chi connectivity index (χ3v) is 3.25. The molecule has 1 rings (SSSR count). The van der Waals surface area contributed by atoms with E-state index in [1.165, 1.54) is 6.07 Å². The number of rotatable bonds is 3. The highest BCUT2D eigenvalue weighted by Crippen LogP contribution is 2.18. The first-order valence-corrected chi connectivity index (χ1v) is 6.12. The molecule has 0 bridgehead atoms. The molecular weight excluding hydrogens is 373 g/mol. The minimum absolute atomic E-state index is 0.165. The van der Waals surface area contributed by atoms with Crippen LogP contribution in [0.2, 0.25) is 0 Å². The van der Waals surface area contributed by atoms with Crippen molar-refractivity contribution >= 4 is 50.6 Å². The largest absolute Gasteiger partial charge is 0.298 e. The molecule has 0 unspecified atom stereocenters. The molecule has 0 atom stereocenters. The summed E-state index contributed by atoms with van der Waals surface area (Å²) in [4.78, 5) is 22.1. The van der Waals surface area contributed by atoms with Crippen molar-refractivity contribution in [2.24, 2.45) is 0 Å². The van der Waals surface area contributed by atoms with E-state index in [1.807, 2.05) is 28.7 Å². The predicted molar refractivity (Wildman–Crippen MR) is 67.4 cm³/mol. The minimum atomic E-state index is -0.165. The van der Waals surface area contributed by atoms with Crippen LogP contribution in [0.5, 0.6) is 0 Å². The predicted octanol–water partition coefficient (Wildman–Crippen LogP) is 2.55. The number of ketones is 1. The van der Waals surface area contributed by atoms with Gasteiger partial charge in [-0.2, -0.15) is 5.26 Å². The summed E-state index contributed by atoms with van der Waals surface area (Å²) in [7, 11) is 0. The highest BCUT2D eigenvalue weighted by Gasteiger charge is 2.13. The van der Waals surface area contributed by atoms with Crippen LogP contribution >= 0.6 is 38.5 Å². The highest BCUT2D eigenvalue weighted by atomic mass is 127. The van der Waals surface area contributed by atoms with E-state index in [9.17, 15) is 9.59 Å². The smallest absolute Gasteiger partial charge is 0.174 e. The van der Waals surface area contributed by atoms with Gasteiger partial charge in [0, 0.05) is 14.7 Å². The Morgan fingerprint density at radius 2 is 2.27 bits per heavy atom. The van der Waals surface area contributed by atoms with E-state index in [2.05, 4.69) is 15.9 Å². The molecule has 0 heterocycles. The first-order valence-electron chi connectivity index (χ1n) is 3.92. The zero-order valence-electron chi connectivity index (χ0n) is 7.46. The van der Waals surface area contributed by atoms with Crippen LogP contribution in [0.4, 0.5) is 0 Å². The fourth-order valence-corrected chi connectivity index (χ4v) is 1.97. The fourth-order valence-electron chi connectivity index (χ4n) is 1.08. The lowest BCUT2D eigenvalue weighted by Gasteiger charge is -2.03. The fraction of sp³-hybridized carbons (Fsp3) is 0.100. The Morgan fingerprint density at radius 1 is 1.60 bits per heavy atom. The Bertz CT molecular complexity index is 465. The van der Waals surface area contributed by atoms with E-state index in [-0.39, 0.29) is 16.7 Å². The molecule has 76 valence electrons. The maximum atomic E-state index is 11.5. The van der Waals surface area contributed by atoms with Gasteiger partial charge in [0.15, 0.2) is 12.1 Å². The van der Waals surface area contributed by atoms with Gasteiger partial charge in [-0.25, -0.2) is 0 Å². The molecule has 0 aliphatic carbocycles. The number of carbonyl (C=O) groups is 2. The first kappa shape index (κ1) is 12.3. The second kappa shape index (κ2) is 5.37. The number of hydrogen-bond donors (Lipinski definition) is 0. The van der Waals surface area contributed by atoms with Gasteiger partial charge in [0.1, 0.15) is 0 Å². The molecule has 0 saturated heterocycles. The van der Waals surface area contributed by atoms with Crippen LogP contribution in [0.3, 0.4) is 0 Å². The number of hydrogen-bond acceptors (Lipinski definition) is 3. The zero-order valence-corrected chi connectivity index (χ0v) is 11.2. The number of aldehydes is 1. The summed E-state index contributed by atoms with van der Waals surface area (Å²) in [5.74, 6) is -0.165. The van der Waals surface area contributed by atoms with Gasteiger partial charge < -0.3 is 0 Å². The number of nitrogens with zero attached hydrogens (tertiary/aromatic N) is 1. The van der Waals surface area contributed by atoms with Gasteiger partial charge in [-0.05, 0) is 34.7 Å². The normalized spacial score (nSPS) is 9.40. The van der Waals surface area contributed by atoms with Crippen LogP contribution in [0, 0.1) is 14.9 Å². The second-order valence-corrected chi connectivity index (χ2v) is 4.43. The molecule has 0 radical (unpaired) electrons. The summed E-state index contributed by atoms with van der Waals surface area (Å²) in [6.07, 6.45) is 0.672. The SMILES string of the molecule is N#Cc1cc(C=O)c(I)cc1C(=O)CBr. The number of alkyl halides is 1. The van der Waals surface area contributed by atoms with Gasteiger partial charge in [-0.15, -0.1) is 0 Å². The van der Waals surface area contributed by atoms with Crippen LogP contribution in [-0.4, -0.2) is 17.4 Å². The van der Waals surface area contributed by atoms with Crippen molar-refractivity contribution in [1.82, 2.24) is 0 Å². The van der Waals surface area contributed by atoms with Crippen molar-refractivity contribution in [2.45, 2.75) is 0 Å². The summed E-state index contributed by atoms with van der Waals surface area (Å²) in [5, 5.41) is 9.00. The van der Waals surface area contributed by atoms with E-state index in [0.717, 1.165) is 0 Å². The zero-order chi connectivity index (χ0) is 11.4. The van der Waals surface area contributed by atoms with Crippen LogP contribution in [0.25, 0.3) is 0 Å². The maximum Gasteiger partial charge on any atom is 0.174 e. The van der Waals surface area contributed by atoms with Crippen LogP contribution < -0.4 is 0 Å². The van der Waals surface area contributed by atoms with Crippen molar-refractivity contribution in [3.8, 4) is 6.07 Å². The van der Waals surface area contributed by atoms with Crippen molar-refractivity contribution in [2.75, 3.05) is 5.33 Å². The standard InChI is InChI=1S/C10H5BrINO2/c11-3-10(15)8-2-9(12)7(5-14)1-6(8)4-13/h1-2,5H,3H2. The van der Waals surface area contributed by atoms with Crippen LogP contribution in [0.15, 0.2) is 12.1 Å². The molecule has 0 aliphatic rings. The monoisotopic (exact) mass is 377 g/mol. The Morgan fingerprint density at radius 3 is 2.73 bits per heavy atom. The quantitative estimate of drug-likeness (QED) is 0.352. The maximum absolute atomic E-state index is 11.5. The number of benzene rings is 1. The number of carbonyl (C=O) groups excluding carboxylic acids is 2. The third kappa shape index (κ3) is 2.63. The van der Waals surface area contributed by atoms with Gasteiger partial charge >= 0.3 is 0 Å². The van der Waals surface area contributed by atoms with Crippen LogP contribution in [0.1, 0.15) is 26.3 Å². The molecule has 3 nitrogen and oxygen atoms in total. The molecule has 0 aliphatic heterocycles. The molecule has 1 aromatic rings. The summed E-state index contributed by atoms with van der Waals surface area (Å²) in [6, 6.07) is 4.91. The Hall–Kier alpha value is -0.740. The van der Waals surface area contributed by atoms with E-state index in [4.69, 9.17) is 5.26 Å². The van der Waals surface area contributed by atoms with Gasteiger partial charge in [0.25, 0.3) is 0 Å². The molecule has 1 aromatic carbocycles. The number of halogens is 2. The average Bonchev–Trinajstić information content (AvgIpc) is 2.27. The number of Topliss-reactive ketones (excluding diaryl/α,β-unsaturated/α-hetero) is 1. The second-order valence-electron chi connectivity index (χ2n) is 2.71. The Labute approximate surface area is 109 Å². The number of nitriles is 1. The lowest BCUT2D eigenvalue weighted by molar-refractivity contribution is 0.102. The van der Waals surface area contributed by atoms with Crippen LogP contribution in [-0.2, 0) is 0 Å². The summed E-state index contributed by atoms with van der Waals surface area (Å²) in [6.45, 7) is 0. The molecule has 5 heteroatoms. The lowest BCUT2D eigenvalue weighted by atomic mass is 10.0. The van der Waals surface area contributed by atoms with E-state index < -0.39 is 0 Å². The average molecular weight is 378 g/mol. The summed E-state index contributed by atoms with van der Waals surface area (Å²) in [5.41, 5.74) is 1.02. The lowest BCUT2D eigenvalue weighted by Crippen LogP contribution is -2.05. The van der Waals surface area contributed by atoms with E-state index >= 15 is 0 Å². The molecule has 0 saturated carbocycles. The summed E-state index contributed by atoms with van der Waals surface area (Å²) >= 11 is 5.00. The minimum Gasteiger partial charge on any atom is -0.298 e. The third-order valence-electron chi connectivity index (χ3n) is 1.81. The Kier molecular flexibility index (Phi) is 4.42. The van der Waals surface area contributed by atoms with Crippen molar-refractivity contribution in [1.29, 1.82) is 5.26 Å². The van der Waals surface area contributed by atoms with Gasteiger partial charge in [0.2, 0.25) is 0 Å². The first-order chi connectivity index (χ1) is 7.13. The molecule has 0 spiro atoms. The van der Waals surface area contributed by atoms with Gasteiger partial charge in [-0.3, -0.25) is 9.59 Å².